The number of rotatable bonds is 4. The monoisotopic (exact) mass is 518 g/mol. The summed E-state index contributed by atoms with van der Waals surface area (Å²) in [6.07, 6.45) is 7.35. The SMILES string of the molecule is C(=Nc1cccc2cccnc12)c1ccc(C=Nc2cccc3cccnc23)s1.[Cl][Fe][Cl]. The molecule has 8 heteroatoms. The molecule has 0 aliphatic heterocycles. The van der Waals surface area contributed by atoms with Gasteiger partial charge in [0.25, 0.3) is 0 Å². The van der Waals surface area contributed by atoms with Gasteiger partial charge in [-0.25, -0.2) is 0 Å². The van der Waals surface area contributed by atoms with Gasteiger partial charge in [-0.15, -0.1) is 11.3 Å². The molecule has 5 rings (SSSR count). The summed E-state index contributed by atoms with van der Waals surface area (Å²) < 4.78 is 0. The summed E-state index contributed by atoms with van der Waals surface area (Å²) in [7, 11) is 9.53. The van der Waals surface area contributed by atoms with Gasteiger partial charge in [-0.2, -0.15) is 0 Å². The molecular weight excluding hydrogens is 503 g/mol. The number of aromatic nitrogens is 2. The molecule has 0 amide bonds. The van der Waals surface area contributed by atoms with Crippen LogP contribution in [0.5, 0.6) is 0 Å². The molecule has 0 radical (unpaired) electrons. The Labute approximate surface area is 204 Å². The molecule has 0 fully saturated rings. The molecule has 3 heterocycles. The van der Waals surface area contributed by atoms with Gasteiger partial charge in [0.2, 0.25) is 0 Å². The van der Waals surface area contributed by atoms with Crippen LogP contribution in [-0.2, 0) is 13.1 Å². The Morgan fingerprint density at radius 1 is 0.656 bits per heavy atom. The molecule has 4 nitrogen and oxygen atoms in total. The average Bonchev–Trinajstić information content (AvgIpc) is 3.30. The van der Waals surface area contributed by atoms with Crippen LogP contribution in [0, 0.1) is 0 Å². The van der Waals surface area contributed by atoms with Crippen LogP contribution < -0.4 is 0 Å². The van der Waals surface area contributed by atoms with Gasteiger partial charge in [-0.05, 0) is 36.4 Å². The van der Waals surface area contributed by atoms with Crippen molar-refractivity contribution in [2.75, 3.05) is 0 Å². The van der Waals surface area contributed by atoms with Crippen molar-refractivity contribution in [2.45, 2.75) is 0 Å². The van der Waals surface area contributed by atoms with E-state index in [1.54, 1.807) is 23.7 Å². The number of pyridine rings is 2. The first-order valence-corrected chi connectivity index (χ1v) is 13.3. The van der Waals surface area contributed by atoms with Gasteiger partial charge in [0.05, 0.1) is 22.4 Å². The van der Waals surface area contributed by atoms with E-state index in [-0.39, 0.29) is 13.1 Å². The topological polar surface area (TPSA) is 50.5 Å². The van der Waals surface area contributed by atoms with Crippen molar-refractivity contribution in [1.82, 2.24) is 9.97 Å². The number of aliphatic imine (C=N–C) groups is 2. The van der Waals surface area contributed by atoms with Gasteiger partial charge >= 0.3 is 33.3 Å². The summed E-state index contributed by atoms with van der Waals surface area (Å²) in [4.78, 5) is 20.3. The van der Waals surface area contributed by atoms with Crippen LogP contribution >= 0.6 is 31.5 Å². The first kappa shape index (κ1) is 22.6. The predicted octanol–water partition coefficient (Wildman–Crippen LogP) is 7.72. The van der Waals surface area contributed by atoms with Crippen LogP contribution in [0.2, 0.25) is 0 Å². The molecule has 2 aromatic carbocycles. The van der Waals surface area contributed by atoms with E-state index >= 15 is 0 Å². The summed E-state index contributed by atoms with van der Waals surface area (Å²) in [5, 5.41) is 2.18. The van der Waals surface area contributed by atoms with E-state index in [1.807, 2.05) is 73.1 Å². The summed E-state index contributed by atoms with van der Waals surface area (Å²) in [6, 6.07) is 24.1. The number of benzene rings is 2. The molecule has 0 saturated carbocycles. The van der Waals surface area contributed by atoms with Crippen molar-refractivity contribution in [3.05, 3.63) is 94.9 Å². The zero-order valence-corrected chi connectivity index (χ0v) is 20.0. The first-order chi connectivity index (χ1) is 15.8. The van der Waals surface area contributed by atoms with E-state index in [2.05, 4.69) is 32.1 Å². The minimum atomic E-state index is 0.194. The Morgan fingerprint density at radius 3 is 1.56 bits per heavy atom. The van der Waals surface area contributed by atoms with Crippen LogP contribution in [0.15, 0.2) is 95.2 Å². The standard InChI is InChI=1S/C24H16N4S.2ClH.Fe/c1-5-17-7-3-13-25-23(17)21(9-1)27-15-19-11-12-20(29-19)16-28-22-10-2-6-18-8-4-14-26-24(18)22;;;/h1-16H;2*1H;/q;;;+2/p-2. The molecule has 5 aromatic rings. The first-order valence-electron chi connectivity index (χ1n) is 9.49. The second-order valence-corrected chi connectivity index (χ2v) is 9.48. The van der Waals surface area contributed by atoms with Gasteiger partial charge in [-0.1, -0.05) is 36.4 Å². The maximum absolute atomic E-state index is 4.76. The predicted molar refractivity (Wildman–Crippen MR) is 134 cm³/mol. The third-order valence-corrected chi connectivity index (χ3v) is 5.49. The van der Waals surface area contributed by atoms with E-state index in [9.17, 15) is 0 Å². The van der Waals surface area contributed by atoms with Gasteiger partial charge < -0.3 is 0 Å². The fourth-order valence-corrected chi connectivity index (χ4v) is 3.91. The summed E-state index contributed by atoms with van der Waals surface area (Å²) >= 11 is 1.84. The van der Waals surface area contributed by atoms with Crippen molar-refractivity contribution < 1.29 is 13.1 Å². The van der Waals surface area contributed by atoms with E-state index < -0.39 is 0 Å². The van der Waals surface area contributed by atoms with E-state index in [4.69, 9.17) is 20.2 Å². The number of fused-ring (bicyclic) bond motifs is 2. The third-order valence-electron chi connectivity index (χ3n) is 4.53. The van der Waals surface area contributed by atoms with Crippen molar-refractivity contribution in [1.29, 1.82) is 0 Å². The van der Waals surface area contributed by atoms with Crippen molar-refractivity contribution in [2.24, 2.45) is 9.98 Å². The Balaban J connectivity index is 0.000000775. The maximum atomic E-state index is 4.76. The zero-order chi connectivity index (χ0) is 22.2. The van der Waals surface area contributed by atoms with E-state index in [0.717, 1.165) is 42.9 Å². The molecule has 0 unspecified atom stereocenters. The van der Waals surface area contributed by atoms with Crippen LogP contribution in [-0.4, -0.2) is 22.4 Å². The van der Waals surface area contributed by atoms with Gasteiger partial charge in [-0.3, -0.25) is 20.0 Å². The molecule has 0 aliphatic carbocycles. The van der Waals surface area contributed by atoms with Gasteiger partial charge in [0.15, 0.2) is 0 Å². The Morgan fingerprint density at radius 2 is 1.09 bits per heavy atom. The summed E-state index contributed by atoms with van der Waals surface area (Å²) in [5.41, 5.74) is 3.56. The number of hydrogen-bond acceptors (Lipinski definition) is 5. The number of nitrogens with zero attached hydrogens (tertiary/aromatic N) is 4. The molecule has 0 N–H and O–H groups in total. The van der Waals surface area contributed by atoms with E-state index in [0.29, 0.717) is 0 Å². The molecule has 0 atom stereocenters. The normalized spacial score (nSPS) is 11.4. The summed E-state index contributed by atoms with van der Waals surface area (Å²) in [6.45, 7) is 0. The number of thiophene rings is 1. The fourth-order valence-electron chi connectivity index (χ4n) is 3.16. The zero-order valence-electron chi connectivity index (χ0n) is 16.5. The summed E-state index contributed by atoms with van der Waals surface area (Å²) in [5.74, 6) is 0. The average molecular weight is 519 g/mol. The molecule has 0 spiro atoms. The van der Waals surface area contributed by atoms with Crippen LogP contribution in [0.3, 0.4) is 0 Å². The van der Waals surface area contributed by atoms with Gasteiger partial charge in [0, 0.05) is 45.3 Å². The molecule has 0 bridgehead atoms. The molecule has 160 valence electrons. The van der Waals surface area contributed by atoms with Crippen LogP contribution in [0.1, 0.15) is 9.75 Å². The van der Waals surface area contributed by atoms with Crippen LogP contribution in [0.4, 0.5) is 11.4 Å². The van der Waals surface area contributed by atoms with Gasteiger partial charge in [0.1, 0.15) is 0 Å². The number of halogens is 2. The molecule has 3 aromatic heterocycles. The second kappa shape index (κ2) is 11.3. The molecule has 32 heavy (non-hydrogen) atoms. The molecule has 0 aliphatic rings. The Bertz CT molecular complexity index is 1290. The Hall–Kier alpha value is -2.60. The van der Waals surface area contributed by atoms with E-state index in [1.165, 1.54) is 0 Å². The Kier molecular flexibility index (Phi) is 7.99. The van der Waals surface area contributed by atoms with Crippen LogP contribution in [0.25, 0.3) is 21.8 Å². The van der Waals surface area contributed by atoms with Crippen molar-refractivity contribution in [3.8, 4) is 0 Å². The van der Waals surface area contributed by atoms with Crippen molar-refractivity contribution >= 4 is 77.1 Å². The minimum absolute atomic E-state index is 0.194. The van der Waals surface area contributed by atoms with Crippen molar-refractivity contribution in [3.63, 3.8) is 0 Å². The molecule has 0 saturated heterocycles. The second-order valence-electron chi connectivity index (χ2n) is 6.51. The molecular formula is C24H16Cl2FeN4S. The fraction of sp³-hybridized carbons (Fsp3) is 0. The number of para-hydroxylation sites is 2. The number of hydrogen-bond donors (Lipinski definition) is 0. The third kappa shape index (κ3) is 5.60. The quantitative estimate of drug-likeness (QED) is 0.180.